The van der Waals surface area contributed by atoms with Gasteiger partial charge in [0.2, 0.25) is 11.8 Å². The van der Waals surface area contributed by atoms with Gasteiger partial charge in [0.25, 0.3) is 0 Å². The first kappa shape index (κ1) is 11.7. The highest BCUT2D eigenvalue weighted by atomic mass is 16.5. The molecule has 0 N–H and O–H groups in total. The van der Waals surface area contributed by atoms with Gasteiger partial charge in [-0.15, -0.1) is 0 Å². The van der Waals surface area contributed by atoms with Crippen LogP contribution in [0, 0.1) is 5.92 Å². The van der Waals surface area contributed by atoms with Crippen LogP contribution in [0.1, 0.15) is 26.2 Å². The number of esters is 1. The molecule has 1 fully saturated rings. The van der Waals surface area contributed by atoms with Gasteiger partial charge in [-0.3, -0.25) is 19.3 Å². The zero-order chi connectivity index (χ0) is 11.4. The molecule has 1 heterocycles. The van der Waals surface area contributed by atoms with E-state index in [0.717, 1.165) is 17.7 Å². The van der Waals surface area contributed by atoms with Crippen molar-refractivity contribution in [3.63, 3.8) is 0 Å². The summed E-state index contributed by atoms with van der Waals surface area (Å²) in [6.45, 7) is 2.38. The van der Waals surface area contributed by atoms with Crippen LogP contribution in [-0.2, 0) is 19.1 Å². The summed E-state index contributed by atoms with van der Waals surface area (Å²) in [5.74, 6) is -2.23. The van der Waals surface area contributed by atoms with E-state index in [4.69, 9.17) is 0 Å². The van der Waals surface area contributed by atoms with Crippen LogP contribution < -0.4 is 0 Å². The number of ether oxygens (including phenoxy) is 1. The summed E-state index contributed by atoms with van der Waals surface area (Å²) in [4.78, 5) is 35.4. The van der Waals surface area contributed by atoms with Crippen LogP contribution in [0.3, 0.4) is 0 Å². The Morgan fingerprint density at radius 2 is 2.20 bits per heavy atom. The van der Waals surface area contributed by atoms with E-state index >= 15 is 0 Å². The molecular weight excluding hydrogens is 198 g/mol. The fraction of sp³-hybridized carbons (Fsp3) is 0.700. The standard InChI is InChI=1S/C10H15NO4/c1-3-4-5-11-8(12)6-7(9(11)13)10(14)15-2/h7H,3-6H2,1-2H3. The van der Waals surface area contributed by atoms with Crippen LogP contribution in [0.2, 0.25) is 0 Å². The molecule has 0 bridgehead atoms. The van der Waals surface area contributed by atoms with Gasteiger partial charge in [-0.25, -0.2) is 0 Å². The fourth-order valence-electron chi connectivity index (χ4n) is 1.56. The van der Waals surface area contributed by atoms with Gasteiger partial charge in [0.1, 0.15) is 5.92 Å². The largest absolute Gasteiger partial charge is 0.468 e. The van der Waals surface area contributed by atoms with Crippen molar-refractivity contribution in [2.75, 3.05) is 13.7 Å². The summed E-state index contributed by atoms with van der Waals surface area (Å²) < 4.78 is 4.47. The number of methoxy groups -OCH3 is 1. The van der Waals surface area contributed by atoms with Gasteiger partial charge in [0.15, 0.2) is 0 Å². The van der Waals surface area contributed by atoms with Crippen LogP contribution in [0.5, 0.6) is 0 Å². The molecule has 1 rings (SSSR count). The lowest BCUT2D eigenvalue weighted by Gasteiger charge is -2.13. The Hall–Kier alpha value is -1.39. The number of unbranched alkanes of at least 4 members (excludes halogenated alkanes) is 1. The number of amides is 2. The maximum Gasteiger partial charge on any atom is 0.318 e. The van der Waals surface area contributed by atoms with Gasteiger partial charge in [0.05, 0.1) is 7.11 Å². The molecule has 1 atom stereocenters. The molecule has 0 spiro atoms. The predicted molar refractivity (Wildman–Crippen MR) is 51.8 cm³/mol. The molecule has 5 nitrogen and oxygen atoms in total. The maximum absolute atomic E-state index is 11.6. The number of rotatable bonds is 4. The van der Waals surface area contributed by atoms with Gasteiger partial charge in [-0.1, -0.05) is 13.3 Å². The maximum atomic E-state index is 11.6. The minimum Gasteiger partial charge on any atom is -0.468 e. The summed E-state index contributed by atoms with van der Waals surface area (Å²) in [5, 5.41) is 0. The van der Waals surface area contributed by atoms with Crippen LogP contribution in [0.25, 0.3) is 0 Å². The molecule has 1 aliphatic heterocycles. The minimum atomic E-state index is -0.917. The number of imide groups is 1. The second kappa shape index (κ2) is 4.91. The van der Waals surface area contributed by atoms with Crippen molar-refractivity contribution in [2.45, 2.75) is 26.2 Å². The third-order valence-corrected chi connectivity index (χ3v) is 2.46. The van der Waals surface area contributed by atoms with Gasteiger partial charge in [-0.2, -0.15) is 0 Å². The highest BCUT2D eigenvalue weighted by Gasteiger charge is 2.43. The van der Waals surface area contributed by atoms with Crippen LogP contribution in [-0.4, -0.2) is 36.3 Å². The second-order valence-electron chi connectivity index (χ2n) is 3.52. The molecule has 0 aromatic carbocycles. The Bertz CT molecular complexity index is 287. The predicted octanol–water partition coefficient (Wildman–Crippen LogP) is 0.335. The third kappa shape index (κ3) is 2.34. The lowest BCUT2D eigenvalue weighted by atomic mass is 10.1. The quantitative estimate of drug-likeness (QED) is 0.383. The molecule has 15 heavy (non-hydrogen) atoms. The van der Waals surface area contributed by atoms with Gasteiger partial charge >= 0.3 is 5.97 Å². The molecule has 5 heteroatoms. The van der Waals surface area contributed by atoms with Crippen molar-refractivity contribution in [1.82, 2.24) is 4.90 Å². The van der Waals surface area contributed by atoms with Crippen molar-refractivity contribution < 1.29 is 19.1 Å². The molecule has 2 amide bonds. The molecule has 0 aromatic heterocycles. The topological polar surface area (TPSA) is 63.7 Å². The van der Waals surface area contributed by atoms with E-state index in [1.807, 2.05) is 6.92 Å². The molecule has 1 aliphatic rings. The van der Waals surface area contributed by atoms with E-state index in [9.17, 15) is 14.4 Å². The highest BCUT2D eigenvalue weighted by molar-refractivity contribution is 6.12. The number of carbonyl (C=O) groups is 3. The van der Waals surface area contributed by atoms with Crippen molar-refractivity contribution in [3.05, 3.63) is 0 Å². The van der Waals surface area contributed by atoms with Crippen molar-refractivity contribution in [3.8, 4) is 0 Å². The molecule has 1 saturated heterocycles. The average molecular weight is 213 g/mol. The molecule has 0 aliphatic carbocycles. The number of hydrogen-bond donors (Lipinski definition) is 0. The first-order chi connectivity index (χ1) is 7.11. The molecule has 0 radical (unpaired) electrons. The van der Waals surface area contributed by atoms with Crippen LogP contribution in [0.15, 0.2) is 0 Å². The number of carbonyl (C=O) groups excluding carboxylic acids is 3. The number of likely N-dealkylation sites (tertiary alicyclic amines) is 1. The first-order valence-electron chi connectivity index (χ1n) is 5.03. The van der Waals surface area contributed by atoms with E-state index in [-0.39, 0.29) is 12.3 Å². The van der Waals surface area contributed by atoms with Crippen molar-refractivity contribution in [2.24, 2.45) is 5.92 Å². The smallest absolute Gasteiger partial charge is 0.318 e. The summed E-state index contributed by atoms with van der Waals surface area (Å²) in [6, 6.07) is 0. The third-order valence-electron chi connectivity index (χ3n) is 2.46. The van der Waals surface area contributed by atoms with Crippen LogP contribution in [0.4, 0.5) is 0 Å². The SMILES string of the molecule is CCCCN1C(=O)CC(C(=O)OC)C1=O. The fourth-order valence-corrected chi connectivity index (χ4v) is 1.56. The van der Waals surface area contributed by atoms with Gasteiger partial charge in [-0.05, 0) is 6.42 Å². The lowest BCUT2D eigenvalue weighted by molar-refractivity contribution is -0.150. The van der Waals surface area contributed by atoms with E-state index in [1.54, 1.807) is 0 Å². The Kier molecular flexibility index (Phi) is 3.82. The molecule has 1 unspecified atom stereocenters. The summed E-state index contributed by atoms with van der Waals surface area (Å²) in [6.07, 6.45) is 1.63. The lowest BCUT2D eigenvalue weighted by Crippen LogP contribution is -2.33. The summed E-state index contributed by atoms with van der Waals surface area (Å²) in [7, 11) is 1.22. The Balaban J connectivity index is 2.66. The molecule has 84 valence electrons. The van der Waals surface area contributed by atoms with Gasteiger partial charge in [0, 0.05) is 13.0 Å². The summed E-state index contributed by atoms with van der Waals surface area (Å²) >= 11 is 0. The van der Waals surface area contributed by atoms with E-state index in [2.05, 4.69) is 4.74 Å². The zero-order valence-electron chi connectivity index (χ0n) is 8.99. The number of hydrogen-bond acceptors (Lipinski definition) is 4. The zero-order valence-corrected chi connectivity index (χ0v) is 8.99. The number of nitrogens with zero attached hydrogens (tertiary/aromatic N) is 1. The normalized spacial score (nSPS) is 20.9. The van der Waals surface area contributed by atoms with Crippen molar-refractivity contribution in [1.29, 1.82) is 0 Å². The Labute approximate surface area is 88.4 Å². The highest BCUT2D eigenvalue weighted by Crippen LogP contribution is 2.21. The minimum absolute atomic E-state index is 0.0464. The molecule has 0 saturated carbocycles. The average Bonchev–Trinajstić information content (AvgIpc) is 2.51. The Morgan fingerprint density at radius 3 is 2.73 bits per heavy atom. The second-order valence-corrected chi connectivity index (χ2v) is 3.52. The molecule has 0 aromatic rings. The monoisotopic (exact) mass is 213 g/mol. The Morgan fingerprint density at radius 1 is 1.53 bits per heavy atom. The van der Waals surface area contributed by atoms with Gasteiger partial charge < -0.3 is 4.74 Å². The summed E-state index contributed by atoms with van der Waals surface area (Å²) in [5.41, 5.74) is 0. The molecular formula is C10H15NO4. The van der Waals surface area contributed by atoms with E-state index in [0.29, 0.717) is 6.54 Å². The van der Waals surface area contributed by atoms with Crippen LogP contribution >= 0.6 is 0 Å². The first-order valence-corrected chi connectivity index (χ1v) is 5.03. The van der Waals surface area contributed by atoms with E-state index < -0.39 is 17.8 Å². The van der Waals surface area contributed by atoms with Crippen molar-refractivity contribution >= 4 is 17.8 Å². The van der Waals surface area contributed by atoms with E-state index in [1.165, 1.54) is 7.11 Å².